The maximum Gasteiger partial charge on any atom is 0.161 e. The Kier molecular flexibility index (Phi) is 5.62. The molecular formula is C29H25FN2O2. The SMILES string of the molecule is Cc1ccc(N2C(=N)/C(=C(/O)c3ccccc3)C(c3ccc(F)cc3)C3=C2CCCC3=O)cc1. The first kappa shape index (κ1) is 21.8. The third-order valence-corrected chi connectivity index (χ3v) is 6.55. The van der Waals surface area contributed by atoms with Crippen molar-refractivity contribution in [2.75, 3.05) is 4.90 Å². The molecule has 1 unspecified atom stereocenters. The van der Waals surface area contributed by atoms with Crippen LogP contribution in [0.3, 0.4) is 0 Å². The van der Waals surface area contributed by atoms with E-state index >= 15 is 0 Å². The molecule has 5 rings (SSSR count). The summed E-state index contributed by atoms with van der Waals surface area (Å²) in [6.07, 6.45) is 1.76. The summed E-state index contributed by atoms with van der Waals surface area (Å²) in [6, 6.07) is 22.9. The minimum atomic E-state index is -0.655. The Balaban J connectivity index is 1.82. The molecule has 0 saturated heterocycles. The molecule has 5 heteroatoms. The number of anilines is 1. The molecule has 4 nitrogen and oxygen atoms in total. The van der Waals surface area contributed by atoms with Crippen molar-refractivity contribution in [1.82, 2.24) is 0 Å². The van der Waals surface area contributed by atoms with Gasteiger partial charge < -0.3 is 5.11 Å². The molecule has 1 heterocycles. The predicted octanol–water partition coefficient (Wildman–Crippen LogP) is 6.69. The fourth-order valence-corrected chi connectivity index (χ4v) is 4.91. The molecule has 1 aliphatic carbocycles. The van der Waals surface area contributed by atoms with Crippen LogP contribution in [0.4, 0.5) is 10.1 Å². The number of allylic oxidation sites excluding steroid dienone is 2. The molecule has 1 atom stereocenters. The molecule has 3 aromatic rings. The standard InChI is InChI=1S/C29H25FN2O2/c1-18-10-16-22(17-11-18)32-23-8-5-9-24(33)26(23)25(19-12-14-21(30)15-13-19)27(29(32)31)28(34)20-6-3-2-4-7-20/h2-4,6-7,10-17,25,31,34H,5,8-9H2,1H3/b28-27+,31-29?. The average Bonchev–Trinajstić information content (AvgIpc) is 2.85. The lowest BCUT2D eigenvalue weighted by Crippen LogP contribution is -2.42. The summed E-state index contributed by atoms with van der Waals surface area (Å²) < 4.78 is 13.8. The van der Waals surface area contributed by atoms with E-state index in [1.165, 1.54) is 12.1 Å². The number of rotatable bonds is 3. The quantitative estimate of drug-likeness (QED) is 0.435. The molecule has 0 amide bonds. The number of nitrogens with one attached hydrogen (secondary N) is 1. The number of benzene rings is 3. The number of hydrogen-bond donors (Lipinski definition) is 2. The minimum absolute atomic E-state index is 0.00134. The van der Waals surface area contributed by atoms with E-state index in [0.717, 1.165) is 16.9 Å². The van der Waals surface area contributed by atoms with Crippen LogP contribution in [0, 0.1) is 18.2 Å². The Morgan fingerprint density at radius 1 is 0.971 bits per heavy atom. The van der Waals surface area contributed by atoms with Gasteiger partial charge in [-0.05, 0) is 49.6 Å². The summed E-state index contributed by atoms with van der Waals surface area (Å²) >= 11 is 0. The fraction of sp³-hybridized carbons (Fsp3) is 0.172. The molecular weight excluding hydrogens is 427 g/mol. The zero-order chi connectivity index (χ0) is 23.8. The molecule has 0 bridgehead atoms. The zero-order valence-electron chi connectivity index (χ0n) is 18.9. The Labute approximate surface area is 198 Å². The van der Waals surface area contributed by atoms with Crippen LogP contribution in [0.2, 0.25) is 0 Å². The number of carbonyl (C=O) groups is 1. The van der Waals surface area contributed by atoms with Crippen molar-refractivity contribution in [2.24, 2.45) is 0 Å². The van der Waals surface area contributed by atoms with Crippen LogP contribution >= 0.6 is 0 Å². The Bertz CT molecular complexity index is 1320. The first-order valence-electron chi connectivity index (χ1n) is 11.4. The smallest absolute Gasteiger partial charge is 0.161 e. The number of aliphatic hydroxyl groups is 1. The molecule has 2 N–H and O–H groups in total. The number of aryl methyl sites for hydroxylation is 1. The van der Waals surface area contributed by atoms with Crippen LogP contribution in [0.15, 0.2) is 95.7 Å². The third-order valence-electron chi connectivity index (χ3n) is 6.55. The Morgan fingerprint density at radius 2 is 1.65 bits per heavy atom. The highest BCUT2D eigenvalue weighted by molar-refractivity contribution is 6.19. The lowest BCUT2D eigenvalue weighted by Gasteiger charge is -2.41. The van der Waals surface area contributed by atoms with E-state index in [-0.39, 0.29) is 23.2 Å². The summed E-state index contributed by atoms with van der Waals surface area (Å²) in [5.41, 5.74) is 4.80. The summed E-state index contributed by atoms with van der Waals surface area (Å²) in [7, 11) is 0. The first-order chi connectivity index (χ1) is 16.5. The van der Waals surface area contributed by atoms with Gasteiger partial charge in [0.25, 0.3) is 0 Å². The molecule has 0 radical (unpaired) electrons. The summed E-state index contributed by atoms with van der Waals surface area (Å²) in [6.45, 7) is 2.00. The van der Waals surface area contributed by atoms with Crippen molar-refractivity contribution in [3.8, 4) is 0 Å². The van der Waals surface area contributed by atoms with Crippen molar-refractivity contribution < 1.29 is 14.3 Å². The molecule has 0 fully saturated rings. The Morgan fingerprint density at radius 3 is 2.32 bits per heavy atom. The number of halogens is 1. The van der Waals surface area contributed by atoms with Gasteiger partial charge in [-0.1, -0.05) is 60.2 Å². The van der Waals surface area contributed by atoms with Crippen molar-refractivity contribution in [2.45, 2.75) is 32.1 Å². The topological polar surface area (TPSA) is 64.4 Å². The number of hydrogen-bond acceptors (Lipinski definition) is 3. The van der Waals surface area contributed by atoms with E-state index in [2.05, 4.69) is 0 Å². The normalized spacial score (nSPS) is 19.8. The summed E-state index contributed by atoms with van der Waals surface area (Å²) in [4.78, 5) is 15.2. The maximum atomic E-state index is 13.8. The monoisotopic (exact) mass is 452 g/mol. The maximum absolute atomic E-state index is 13.8. The molecule has 0 spiro atoms. The second kappa shape index (κ2) is 8.75. The van der Waals surface area contributed by atoms with Gasteiger partial charge in [-0.2, -0.15) is 0 Å². The van der Waals surface area contributed by atoms with Gasteiger partial charge in [0.2, 0.25) is 0 Å². The summed E-state index contributed by atoms with van der Waals surface area (Å²) in [5, 5.41) is 20.8. The molecule has 170 valence electrons. The van der Waals surface area contributed by atoms with Crippen molar-refractivity contribution >= 4 is 23.1 Å². The minimum Gasteiger partial charge on any atom is -0.507 e. The molecule has 1 aliphatic heterocycles. The van der Waals surface area contributed by atoms with Gasteiger partial charge >= 0.3 is 0 Å². The van der Waals surface area contributed by atoms with Crippen molar-refractivity contribution in [1.29, 1.82) is 5.41 Å². The Hall–Kier alpha value is -3.99. The predicted molar refractivity (Wildman–Crippen MR) is 132 cm³/mol. The van der Waals surface area contributed by atoms with Gasteiger partial charge in [-0.25, -0.2) is 4.39 Å². The van der Waals surface area contributed by atoms with Gasteiger partial charge in [0.1, 0.15) is 17.4 Å². The highest BCUT2D eigenvalue weighted by Gasteiger charge is 2.43. The average molecular weight is 453 g/mol. The van der Waals surface area contributed by atoms with Gasteiger partial charge in [0.15, 0.2) is 5.78 Å². The van der Waals surface area contributed by atoms with E-state index < -0.39 is 5.92 Å². The first-order valence-corrected chi connectivity index (χ1v) is 11.4. The number of amidine groups is 1. The third kappa shape index (κ3) is 3.73. The van der Waals surface area contributed by atoms with E-state index in [1.54, 1.807) is 29.2 Å². The largest absolute Gasteiger partial charge is 0.507 e. The zero-order valence-corrected chi connectivity index (χ0v) is 18.9. The van der Waals surface area contributed by atoms with Gasteiger partial charge in [-0.3, -0.25) is 15.1 Å². The van der Waals surface area contributed by atoms with Crippen LogP contribution in [0.1, 0.15) is 41.9 Å². The number of Topliss-reactive ketones (excluding diaryl/α,β-unsaturated/α-hetero) is 1. The van der Waals surface area contributed by atoms with E-state index in [9.17, 15) is 19.7 Å². The number of nitrogens with zero attached hydrogens (tertiary/aromatic N) is 1. The molecule has 2 aliphatic rings. The van der Waals surface area contributed by atoms with E-state index in [1.807, 2.05) is 49.4 Å². The van der Waals surface area contributed by atoms with Crippen LogP contribution in [0.5, 0.6) is 0 Å². The lowest BCUT2D eigenvalue weighted by atomic mass is 9.73. The lowest BCUT2D eigenvalue weighted by molar-refractivity contribution is -0.116. The molecule has 3 aromatic carbocycles. The molecule has 0 aromatic heterocycles. The fourth-order valence-electron chi connectivity index (χ4n) is 4.91. The van der Waals surface area contributed by atoms with E-state index in [0.29, 0.717) is 41.5 Å². The van der Waals surface area contributed by atoms with Crippen LogP contribution in [0.25, 0.3) is 5.76 Å². The van der Waals surface area contributed by atoms with Crippen molar-refractivity contribution in [3.05, 3.63) is 118 Å². The van der Waals surface area contributed by atoms with Crippen LogP contribution in [-0.4, -0.2) is 16.7 Å². The summed E-state index contributed by atoms with van der Waals surface area (Å²) in [5.74, 6) is -0.968. The molecule has 34 heavy (non-hydrogen) atoms. The number of ketones is 1. The van der Waals surface area contributed by atoms with Gasteiger partial charge in [0, 0.05) is 40.4 Å². The second-order valence-electron chi connectivity index (χ2n) is 8.77. The van der Waals surface area contributed by atoms with Crippen LogP contribution < -0.4 is 4.90 Å². The van der Waals surface area contributed by atoms with Crippen molar-refractivity contribution in [3.63, 3.8) is 0 Å². The second-order valence-corrected chi connectivity index (χ2v) is 8.77. The highest BCUT2D eigenvalue weighted by atomic mass is 19.1. The van der Waals surface area contributed by atoms with E-state index in [4.69, 9.17) is 0 Å². The molecule has 0 saturated carbocycles. The highest BCUT2D eigenvalue weighted by Crippen LogP contribution is 2.47. The van der Waals surface area contributed by atoms with Gasteiger partial charge in [0.05, 0.1) is 0 Å². The van der Waals surface area contributed by atoms with Crippen LogP contribution in [-0.2, 0) is 4.79 Å². The number of aliphatic hydroxyl groups excluding tert-OH is 1. The number of carbonyl (C=O) groups excluding carboxylic acids is 1. The van der Waals surface area contributed by atoms with Gasteiger partial charge in [-0.15, -0.1) is 0 Å².